The Kier molecular flexibility index (Phi) is 5.65. The lowest BCUT2D eigenvalue weighted by atomic mass is 10.2. The van der Waals surface area contributed by atoms with E-state index >= 15 is 0 Å². The molecular formula is C19H22N8O3S. The van der Waals surface area contributed by atoms with Gasteiger partial charge in [0.05, 0.1) is 4.90 Å². The normalized spacial score (nSPS) is 14.8. The van der Waals surface area contributed by atoms with Gasteiger partial charge in [-0.1, -0.05) is 0 Å². The van der Waals surface area contributed by atoms with Crippen molar-refractivity contribution in [1.29, 1.82) is 0 Å². The van der Waals surface area contributed by atoms with Gasteiger partial charge in [0.1, 0.15) is 24.8 Å². The van der Waals surface area contributed by atoms with Gasteiger partial charge in [-0.25, -0.2) is 32.4 Å². The summed E-state index contributed by atoms with van der Waals surface area (Å²) in [4.78, 5) is 29.3. The van der Waals surface area contributed by atoms with Crippen molar-refractivity contribution in [2.75, 3.05) is 45.2 Å². The van der Waals surface area contributed by atoms with Gasteiger partial charge >= 0.3 is 0 Å². The van der Waals surface area contributed by atoms with Crippen molar-refractivity contribution in [3.8, 4) is 5.82 Å². The molecule has 3 aromatic rings. The van der Waals surface area contributed by atoms with E-state index in [2.05, 4.69) is 25.0 Å². The molecule has 1 fully saturated rings. The summed E-state index contributed by atoms with van der Waals surface area (Å²) >= 11 is 0. The van der Waals surface area contributed by atoms with Crippen molar-refractivity contribution in [2.45, 2.75) is 4.90 Å². The van der Waals surface area contributed by atoms with E-state index < -0.39 is 10.0 Å². The maximum atomic E-state index is 12.9. The second-order valence-corrected chi connectivity index (χ2v) is 9.32. The molecule has 0 bridgehead atoms. The van der Waals surface area contributed by atoms with Crippen molar-refractivity contribution < 1.29 is 13.2 Å². The lowest BCUT2D eigenvalue weighted by Gasteiger charge is -2.35. The van der Waals surface area contributed by atoms with Gasteiger partial charge in [-0.2, -0.15) is 5.10 Å². The zero-order chi connectivity index (χ0) is 22.0. The number of aromatic nitrogens is 5. The highest BCUT2D eigenvalue weighted by atomic mass is 32.2. The number of amides is 1. The van der Waals surface area contributed by atoms with Crippen molar-refractivity contribution >= 4 is 21.7 Å². The molecule has 1 aromatic carbocycles. The molecule has 1 aliphatic heterocycles. The molecule has 0 aliphatic carbocycles. The number of nitrogens with zero attached hydrogens (tertiary/aromatic N) is 8. The number of rotatable bonds is 5. The minimum absolute atomic E-state index is 0.126. The maximum absolute atomic E-state index is 12.9. The Labute approximate surface area is 180 Å². The molecule has 1 aliphatic rings. The third-order valence-electron chi connectivity index (χ3n) is 5.06. The molecule has 0 atom stereocenters. The zero-order valence-corrected chi connectivity index (χ0v) is 18.0. The summed E-state index contributed by atoms with van der Waals surface area (Å²) in [5.41, 5.74) is 0.460. The summed E-state index contributed by atoms with van der Waals surface area (Å²) in [5, 5.41) is 4.08. The molecule has 0 saturated carbocycles. The van der Waals surface area contributed by atoms with Gasteiger partial charge in [-0.15, -0.1) is 0 Å². The number of piperazine rings is 1. The molecule has 0 spiro atoms. The van der Waals surface area contributed by atoms with Crippen LogP contribution >= 0.6 is 0 Å². The quantitative estimate of drug-likeness (QED) is 0.553. The summed E-state index contributed by atoms with van der Waals surface area (Å²) in [6.45, 7) is 2.29. The van der Waals surface area contributed by atoms with Gasteiger partial charge in [0.2, 0.25) is 10.0 Å². The predicted octanol–water partition coefficient (Wildman–Crippen LogP) is 0.270. The Bertz CT molecular complexity index is 1160. The van der Waals surface area contributed by atoms with Crippen molar-refractivity contribution in [3.05, 3.63) is 54.9 Å². The Balaban J connectivity index is 1.41. The third-order valence-corrected chi connectivity index (χ3v) is 6.89. The Morgan fingerprint density at radius 3 is 2.26 bits per heavy atom. The van der Waals surface area contributed by atoms with Crippen molar-refractivity contribution in [2.24, 2.45) is 0 Å². The van der Waals surface area contributed by atoms with E-state index in [-0.39, 0.29) is 10.8 Å². The predicted molar refractivity (Wildman–Crippen MR) is 112 cm³/mol. The Morgan fingerprint density at radius 2 is 1.65 bits per heavy atom. The van der Waals surface area contributed by atoms with E-state index in [4.69, 9.17) is 0 Å². The SMILES string of the molecule is CN(C)S(=O)(=O)c1ccc(C(=O)N2CCN(c3cc(-n4cncn4)ncn3)CC2)cc1. The first-order valence-electron chi connectivity index (χ1n) is 9.60. The molecule has 31 heavy (non-hydrogen) atoms. The number of anilines is 1. The minimum atomic E-state index is -3.52. The highest BCUT2D eigenvalue weighted by Crippen LogP contribution is 2.18. The first-order valence-corrected chi connectivity index (χ1v) is 11.0. The van der Waals surface area contributed by atoms with E-state index in [1.165, 1.54) is 38.9 Å². The van der Waals surface area contributed by atoms with Crippen LogP contribution in [0.3, 0.4) is 0 Å². The lowest BCUT2D eigenvalue weighted by molar-refractivity contribution is 0.0746. The zero-order valence-electron chi connectivity index (χ0n) is 17.2. The molecule has 0 unspecified atom stereocenters. The first-order chi connectivity index (χ1) is 14.9. The van der Waals surface area contributed by atoms with E-state index in [1.807, 2.05) is 6.07 Å². The molecule has 0 N–H and O–H groups in total. The van der Waals surface area contributed by atoms with E-state index in [0.29, 0.717) is 37.6 Å². The van der Waals surface area contributed by atoms with Crippen LogP contribution in [0.2, 0.25) is 0 Å². The van der Waals surface area contributed by atoms with Crippen LogP contribution in [-0.2, 0) is 10.0 Å². The molecule has 2 aromatic heterocycles. The molecular weight excluding hydrogens is 420 g/mol. The van der Waals surface area contributed by atoms with Gasteiger partial charge in [0, 0.05) is 51.9 Å². The molecule has 1 amide bonds. The van der Waals surface area contributed by atoms with Crippen LogP contribution in [0.1, 0.15) is 10.4 Å². The summed E-state index contributed by atoms with van der Waals surface area (Å²) in [7, 11) is -0.577. The molecule has 0 radical (unpaired) electrons. The number of benzene rings is 1. The second-order valence-electron chi connectivity index (χ2n) is 7.17. The largest absolute Gasteiger partial charge is 0.353 e. The van der Waals surface area contributed by atoms with Crippen LogP contribution in [0.4, 0.5) is 5.82 Å². The van der Waals surface area contributed by atoms with Crippen LogP contribution < -0.4 is 4.90 Å². The Morgan fingerprint density at radius 1 is 0.968 bits per heavy atom. The monoisotopic (exact) mass is 442 g/mol. The van der Waals surface area contributed by atoms with E-state index in [0.717, 1.165) is 10.1 Å². The highest BCUT2D eigenvalue weighted by molar-refractivity contribution is 7.89. The van der Waals surface area contributed by atoms with Crippen LogP contribution in [0.15, 0.2) is 54.2 Å². The summed E-state index contributed by atoms with van der Waals surface area (Å²) < 4.78 is 27.1. The van der Waals surface area contributed by atoms with E-state index in [1.54, 1.807) is 28.0 Å². The molecule has 12 heteroatoms. The molecule has 11 nitrogen and oxygen atoms in total. The smallest absolute Gasteiger partial charge is 0.253 e. The van der Waals surface area contributed by atoms with Crippen LogP contribution in [-0.4, -0.2) is 88.5 Å². The number of sulfonamides is 1. The van der Waals surface area contributed by atoms with Gasteiger partial charge < -0.3 is 9.80 Å². The van der Waals surface area contributed by atoms with Gasteiger partial charge in [-0.05, 0) is 24.3 Å². The lowest BCUT2D eigenvalue weighted by Crippen LogP contribution is -2.49. The molecule has 3 heterocycles. The fourth-order valence-corrected chi connectivity index (χ4v) is 4.17. The number of carbonyl (C=O) groups is 1. The fourth-order valence-electron chi connectivity index (χ4n) is 3.26. The first kappa shape index (κ1) is 20.9. The number of carbonyl (C=O) groups excluding carboxylic acids is 1. The van der Waals surface area contributed by atoms with E-state index in [9.17, 15) is 13.2 Å². The molecule has 162 valence electrons. The number of hydrogen-bond acceptors (Lipinski definition) is 8. The van der Waals surface area contributed by atoms with Crippen LogP contribution in [0.5, 0.6) is 0 Å². The van der Waals surface area contributed by atoms with Crippen molar-refractivity contribution in [3.63, 3.8) is 0 Å². The Hall–Kier alpha value is -3.38. The van der Waals surface area contributed by atoms with Gasteiger partial charge in [0.15, 0.2) is 5.82 Å². The average Bonchev–Trinajstić information content (AvgIpc) is 3.34. The maximum Gasteiger partial charge on any atom is 0.253 e. The van der Waals surface area contributed by atoms with Gasteiger partial charge in [0.25, 0.3) is 5.91 Å². The highest BCUT2D eigenvalue weighted by Gasteiger charge is 2.24. The second kappa shape index (κ2) is 8.40. The van der Waals surface area contributed by atoms with Crippen LogP contribution in [0, 0.1) is 0 Å². The van der Waals surface area contributed by atoms with Crippen LogP contribution in [0.25, 0.3) is 5.82 Å². The fraction of sp³-hybridized carbons (Fsp3) is 0.316. The summed E-state index contributed by atoms with van der Waals surface area (Å²) in [5.74, 6) is 1.25. The van der Waals surface area contributed by atoms with Gasteiger partial charge in [-0.3, -0.25) is 4.79 Å². The summed E-state index contributed by atoms with van der Waals surface area (Å²) in [6, 6.07) is 7.87. The molecule has 1 saturated heterocycles. The summed E-state index contributed by atoms with van der Waals surface area (Å²) in [6.07, 6.45) is 4.49. The number of hydrogen-bond donors (Lipinski definition) is 0. The third kappa shape index (κ3) is 4.25. The van der Waals surface area contributed by atoms with Crippen molar-refractivity contribution in [1.82, 2.24) is 33.9 Å². The standard InChI is InChI=1S/C19H22N8O3S/c1-24(2)31(29,30)16-5-3-15(4-6-16)19(28)26-9-7-25(8-10-26)17-11-18(22-13-21-17)27-14-20-12-23-27/h3-6,11-14H,7-10H2,1-2H3. The average molecular weight is 443 g/mol. The topological polar surface area (TPSA) is 117 Å². The molecule has 4 rings (SSSR count). The minimum Gasteiger partial charge on any atom is -0.353 e.